The van der Waals surface area contributed by atoms with E-state index >= 15 is 0 Å². The molecular formula is C12H24O2. The Hall–Kier alpha value is -1.05. The van der Waals surface area contributed by atoms with Crippen molar-refractivity contribution in [2.45, 2.75) is 47.5 Å². The van der Waals surface area contributed by atoms with Crippen molar-refractivity contribution in [3.63, 3.8) is 0 Å². The van der Waals surface area contributed by atoms with Gasteiger partial charge in [-0.15, -0.1) is 0 Å². The number of carbonyl (C=O) groups excluding carboxylic acids is 1. The third kappa shape index (κ3) is 17.2. The van der Waals surface area contributed by atoms with Crippen LogP contribution in [0.25, 0.3) is 0 Å². The van der Waals surface area contributed by atoms with Crippen LogP contribution in [0, 0.1) is 0 Å². The Morgan fingerprint density at radius 2 is 1.64 bits per heavy atom. The van der Waals surface area contributed by atoms with Gasteiger partial charge in [-0.1, -0.05) is 41.0 Å². The molecule has 0 aliphatic rings. The van der Waals surface area contributed by atoms with Crippen LogP contribution in [0.15, 0.2) is 23.0 Å². The average molecular weight is 200 g/mol. The lowest BCUT2D eigenvalue weighted by molar-refractivity contribution is -0.0979. The second kappa shape index (κ2) is 22.7. The summed E-state index contributed by atoms with van der Waals surface area (Å²) in [6.07, 6.45) is 5.77. The Balaban J connectivity index is -0.000000148. The van der Waals surface area contributed by atoms with E-state index in [1.165, 1.54) is 12.0 Å². The minimum Gasteiger partial charge on any atom is -0.472 e. The Labute approximate surface area is 88.3 Å². The van der Waals surface area contributed by atoms with Crippen LogP contribution in [0.2, 0.25) is 0 Å². The van der Waals surface area contributed by atoms with E-state index in [1.54, 1.807) is 12.5 Å². The number of hydrogen-bond donors (Lipinski definition) is 0. The monoisotopic (exact) mass is 200 g/mol. The molecular weight excluding hydrogens is 176 g/mol. The van der Waals surface area contributed by atoms with E-state index in [2.05, 4.69) is 20.8 Å². The minimum absolute atomic E-state index is 1.07. The van der Waals surface area contributed by atoms with Gasteiger partial charge in [0.2, 0.25) is 0 Å². The van der Waals surface area contributed by atoms with Gasteiger partial charge in [-0.3, -0.25) is 0 Å². The van der Waals surface area contributed by atoms with Gasteiger partial charge in [-0.25, -0.2) is 0 Å². The Morgan fingerprint density at radius 1 is 1.21 bits per heavy atom. The first kappa shape index (κ1) is 18.7. The summed E-state index contributed by atoms with van der Waals surface area (Å²) in [6, 6.07) is 1.97. The van der Waals surface area contributed by atoms with Crippen LogP contribution in [0.4, 0.5) is 0 Å². The molecule has 1 aromatic rings. The first-order valence-corrected chi connectivity index (χ1v) is 5.15. The highest BCUT2D eigenvalue weighted by atomic mass is 16.3. The molecule has 1 rings (SSSR count). The fraction of sp³-hybridized carbons (Fsp3) is 0.583. The van der Waals surface area contributed by atoms with Gasteiger partial charge in [0.05, 0.1) is 12.5 Å². The molecule has 0 unspecified atom stereocenters. The lowest BCUT2D eigenvalue weighted by Crippen LogP contribution is -1.66. The minimum atomic E-state index is 1.07. The van der Waals surface area contributed by atoms with Gasteiger partial charge in [-0.2, -0.15) is 0 Å². The highest BCUT2D eigenvalue weighted by molar-refractivity contribution is 5.11. The number of carbonyl (C=O) groups is 1. The van der Waals surface area contributed by atoms with Crippen molar-refractivity contribution in [1.82, 2.24) is 0 Å². The van der Waals surface area contributed by atoms with Crippen LogP contribution < -0.4 is 0 Å². The van der Waals surface area contributed by atoms with Crippen LogP contribution in [0.5, 0.6) is 0 Å². The lowest BCUT2D eigenvalue weighted by Gasteiger charge is -1.76. The third-order valence-electron chi connectivity index (χ3n) is 0.988. The highest BCUT2D eigenvalue weighted by Gasteiger charge is 1.83. The summed E-state index contributed by atoms with van der Waals surface area (Å²) < 4.78 is 4.81. The van der Waals surface area contributed by atoms with Gasteiger partial charge in [0.1, 0.15) is 6.79 Å². The van der Waals surface area contributed by atoms with Gasteiger partial charge in [0.15, 0.2) is 0 Å². The molecule has 0 radical (unpaired) electrons. The molecule has 0 atom stereocenters. The molecule has 2 heteroatoms. The molecule has 0 saturated heterocycles. The van der Waals surface area contributed by atoms with E-state index in [-0.39, 0.29) is 0 Å². The second-order valence-electron chi connectivity index (χ2n) is 2.19. The molecule has 0 aromatic carbocycles. The molecule has 0 aliphatic heterocycles. The van der Waals surface area contributed by atoms with Gasteiger partial charge in [0, 0.05) is 0 Å². The fourth-order valence-electron chi connectivity index (χ4n) is 0.494. The first-order chi connectivity index (χ1) is 6.85. The molecule has 1 heterocycles. The normalized spacial score (nSPS) is 6.64. The smallest absolute Gasteiger partial charge is 0.106 e. The zero-order chi connectivity index (χ0) is 11.8. The summed E-state index contributed by atoms with van der Waals surface area (Å²) in [6.45, 7) is 12.4. The highest BCUT2D eigenvalue weighted by Crippen LogP contribution is 1.98. The molecule has 0 N–H and O–H groups in total. The van der Waals surface area contributed by atoms with Crippen LogP contribution >= 0.6 is 0 Å². The summed E-state index contributed by atoms with van der Waals surface area (Å²) in [7, 11) is 0. The molecule has 2 nitrogen and oxygen atoms in total. The van der Waals surface area contributed by atoms with Crippen LogP contribution in [0.1, 0.15) is 46.6 Å². The maximum atomic E-state index is 8.00. The van der Waals surface area contributed by atoms with Crippen molar-refractivity contribution < 1.29 is 9.21 Å². The summed E-state index contributed by atoms with van der Waals surface area (Å²) >= 11 is 0. The number of hydrogen-bond acceptors (Lipinski definition) is 2. The quantitative estimate of drug-likeness (QED) is 0.683. The van der Waals surface area contributed by atoms with Crippen LogP contribution in [-0.2, 0) is 11.2 Å². The van der Waals surface area contributed by atoms with E-state index in [4.69, 9.17) is 9.21 Å². The first-order valence-electron chi connectivity index (χ1n) is 5.15. The van der Waals surface area contributed by atoms with E-state index in [0.717, 1.165) is 6.42 Å². The summed E-state index contributed by atoms with van der Waals surface area (Å²) in [5.41, 5.74) is 1.26. The third-order valence-corrected chi connectivity index (χ3v) is 0.988. The zero-order valence-electron chi connectivity index (χ0n) is 10.2. The molecule has 0 amide bonds. The summed E-state index contributed by atoms with van der Waals surface area (Å²) in [4.78, 5) is 8.00. The number of aryl methyl sites for hydroxylation is 1. The fourth-order valence-corrected chi connectivity index (χ4v) is 0.494. The maximum absolute atomic E-state index is 8.00. The molecule has 0 aliphatic carbocycles. The second-order valence-corrected chi connectivity index (χ2v) is 2.19. The van der Waals surface area contributed by atoms with E-state index in [9.17, 15) is 0 Å². The maximum Gasteiger partial charge on any atom is 0.106 e. The molecule has 14 heavy (non-hydrogen) atoms. The molecule has 0 saturated carbocycles. The standard InChI is InChI=1S/C6H8O.C3H8.C2H6.CH2O/c1-2-6-3-4-7-5-6;1-3-2;2*1-2/h3-5H,2H2,1H3;3H2,1-2H3;1-2H3;1H2. The van der Waals surface area contributed by atoms with Gasteiger partial charge in [0.25, 0.3) is 0 Å². The molecule has 1 aromatic heterocycles. The predicted molar refractivity (Wildman–Crippen MR) is 62.5 cm³/mol. The molecule has 84 valence electrons. The average Bonchev–Trinajstić information content (AvgIpc) is 2.77. The van der Waals surface area contributed by atoms with Crippen LogP contribution in [0.3, 0.4) is 0 Å². The largest absolute Gasteiger partial charge is 0.472 e. The van der Waals surface area contributed by atoms with Gasteiger partial charge >= 0.3 is 0 Å². The van der Waals surface area contributed by atoms with Crippen molar-refractivity contribution >= 4 is 6.79 Å². The van der Waals surface area contributed by atoms with Crippen molar-refractivity contribution in [2.75, 3.05) is 0 Å². The van der Waals surface area contributed by atoms with Crippen molar-refractivity contribution in [1.29, 1.82) is 0 Å². The summed E-state index contributed by atoms with van der Waals surface area (Å²) in [5.74, 6) is 0. The zero-order valence-corrected chi connectivity index (χ0v) is 10.2. The van der Waals surface area contributed by atoms with E-state index in [0.29, 0.717) is 0 Å². The lowest BCUT2D eigenvalue weighted by atomic mass is 10.3. The molecule has 0 spiro atoms. The topological polar surface area (TPSA) is 30.2 Å². The number of rotatable bonds is 1. The number of furan rings is 1. The molecule has 0 fully saturated rings. The van der Waals surface area contributed by atoms with E-state index < -0.39 is 0 Å². The van der Waals surface area contributed by atoms with Gasteiger partial charge in [-0.05, 0) is 18.1 Å². The SMILES string of the molecule is C=O.CC.CCC.CCc1ccoc1. The van der Waals surface area contributed by atoms with Crippen molar-refractivity contribution in [3.05, 3.63) is 24.2 Å². The summed E-state index contributed by atoms with van der Waals surface area (Å²) in [5, 5.41) is 0. The van der Waals surface area contributed by atoms with Crippen molar-refractivity contribution in [2.24, 2.45) is 0 Å². The Kier molecular flexibility index (Phi) is 30.2. The van der Waals surface area contributed by atoms with Gasteiger partial charge < -0.3 is 9.21 Å². The van der Waals surface area contributed by atoms with Crippen LogP contribution in [-0.4, -0.2) is 6.79 Å². The Bertz CT molecular complexity index is 145. The molecule has 0 bridgehead atoms. The predicted octanol–water partition coefficient (Wildman–Crippen LogP) is 4.10. The van der Waals surface area contributed by atoms with E-state index in [1.807, 2.05) is 26.7 Å². The van der Waals surface area contributed by atoms with Crippen molar-refractivity contribution in [3.8, 4) is 0 Å². The Morgan fingerprint density at radius 3 is 1.79 bits per heavy atom.